The van der Waals surface area contributed by atoms with E-state index in [2.05, 4.69) is 27.6 Å². The maximum absolute atomic E-state index is 12.7. The molecule has 0 aliphatic heterocycles. The molecule has 0 radical (unpaired) electrons. The Bertz CT molecular complexity index is 1840. The first-order valence-electron chi connectivity index (χ1n) is 11.8. The molecular formula is C30H20Cl2N4O2. The molecule has 0 fully saturated rings. The number of benzene rings is 4. The average molecular weight is 539 g/mol. The molecule has 8 heteroatoms. The Morgan fingerprint density at radius 2 is 1.63 bits per heavy atom. The van der Waals surface area contributed by atoms with Gasteiger partial charge in [-0.25, -0.2) is 0 Å². The van der Waals surface area contributed by atoms with Crippen molar-refractivity contribution in [3.05, 3.63) is 112 Å². The van der Waals surface area contributed by atoms with Gasteiger partial charge in [0.25, 0.3) is 0 Å². The van der Waals surface area contributed by atoms with E-state index in [1.165, 1.54) is 6.08 Å². The Morgan fingerprint density at radius 1 is 0.895 bits per heavy atom. The van der Waals surface area contributed by atoms with Crippen LogP contribution in [0, 0.1) is 6.92 Å². The molecule has 1 N–H and O–H groups in total. The fraction of sp³-hybridized carbons (Fsp3) is 0.0333. The van der Waals surface area contributed by atoms with Crippen molar-refractivity contribution >= 4 is 62.7 Å². The van der Waals surface area contributed by atoms with Crippen LogP contribution in [0.15, 0.2) is 95.4 Å². The lowest BCUT2D eigenvalue weighted by molar-refractivity contribution is -0.111. The van der Waals surface area contributed by atoms with Gasteiger partial charge in [0.05, 0.1) is 5.69 Å². The van der Waals surface area contributed by atoms with Gasteiger partial charge in [-0.05, 0) is 72.5 Å². The summed E-state index contributed by atoms with van der Waals surface area (Å²) < 4.78 is 5.83. The number of hydrogen-bond acceptors (Lipinski definition) is 4. The first-order valence-corrected chi connectivity index (χ1v) is 12.6. The lowest BCUT2D eigenvalue weighted by atomic mass is 10.1. The third-order valence-electron chi connectivity index (χ3n) is 6.14. The van der Waals surface area contributed by atoms with E-state index < -0.39 is 0 Å². The second-order valence-corrected chi connectivity index (χ2v) is 9.70. The highest BCUT2D eigenvalue weighted by atomic mass is 35.5. The van der Waals surface area contributed by atoms with E-state index in [4.69, 9.17) is 27.6 Å². The highest BCUT2D eigenvalue weighted by Gasteiger charge is 2.12. The zero-order chi connectivity index (χ0) is 26.2. The van der Waals surface area contributed by atoms with E-state index in [1.807, 2.05) is 49.4 Å². The maximum atomic E-state index is 12.7. The van der Waals surface area contributed by atoms with Gasteiger partial charge in [-0.2, -0.15) is 0 Å². The average Bonchev–Trinajstić information content (AvgIpc) is 3.54. The summed E-state index contributed by atoms with van der Waals surface area (Å²) in [7, 11) is 0. The molecular weight excluding hydrogens is 519 g/mol. The smallest absolute Gasteiger partial charge is 0.248 e. The minimum Gasteiger partial charge on any atom is -0.457 e. The highest BCUT2D eigenvalue weighted by Crippen LogP contribution is 2.29. The molecule has 0 atom stereocenters. The first kappa shape index (κ1) is 24.0. The highest BCUT2D eigenvalue weighted by molar-refractivity contribution is 6.35. The number of nitrogens with zero attached hydrogens (tertiary/aromatic N) is 3. The van der Waals surface area contributed by atoms with Gasteiger partial charge in [-0.1, -0.05) is 59.6 Å². The largest absolute Gasteiger partial charge is 0.457 e. The molecule has 6 nitrogen and oxygen atoms in total. The number of aromatic nitrogens is 3. The molecule has 6 rings (SSSR count). The van der Waals surface area contributed by atoms with Crippen molar-refractivity contribution in [2.45, 2.75) is 6.92 Å². The van der Waals surface area contributed by atoms with Crippen LogP contribution in [-0.4, -0.2) is 20.9 Å². The summed E-state index contributed by atoms with van der Waals surface area (Å²) in [4.78, 5) is 14.3. The standard InChI is InChI=1S/C30H20Cl2N4O2/c1-18-13-26-27(35-36(34-26)28-8-4-6-19-5-2-3-7-24(19)28)17-25(18)33-30(37)12-10-23-9-11-29(38-23)20-14-21(31)16-22(32)15-20/h2-17H,1H3,(H,33,37)/b12-10+. The topological polar surface area (TPSA) is 73.0 Å². The van der Waals surface area contributed by atoms with E-state index in [9.17, 15) is 4.79 Å². The van der Waals surface area contributed by atoms with Crippen LogP contribution in [0.4, 0.5) is 5.69 Å². The van der Waals surface area contributed by atoms with Gasteiger partial charge >= 0.3 is 0 Å². The fourth-order valence-electron chi connectivity index (χ4n) is 4.32. The minimum absolute atomic E-state index is 0.294. The zero-order valence-electron chi connectivity index (χ0n) is 20.2. The number of rotatable bonds is 5. The Morgan fingerprint density at radius 3 is 2.45 bits per heavy atom. The Labute approximate surface area is 228 Å². The van der Waals surface area contributed by atoms with Crippen molar-refractivity contribution in [2.75, 3.05) is 5.32 Å². The van der Waals surface area contributed by atoms with E-state index in [-0.39, 0.29) is 5.91 Å². The van der Waals surface area contributed by atoms with Crippen molar-refractivity contribution in [2.24, 2.45) is 0 Å². The monoisotopic (exact) mass is 538 g/mol. The van der Waals surface area contributed by atoms with Gasteiger partial charge in [0.1, 0.15) is 22.6 Å². The van der Waals surface area contributed by atoms with E-state index >= 15 is 0 Å². The molecule has 4 aromatic carbocycles. The molecule has 6 aromatic rings. The molecule has 2 aromatic heterocycles. The normalized spacial score (nSPS) is 11.6. The van der Waals surface area contributed by atoms with E-state index in [0.29, 0.717) is 32.8 Å². The molecule has 0 aliphatic rings. The summed E-state index contributed by atoms with van der Waals surface area (Å²) in [5.74, 6) is 0.833. The number of halogens is 2. The van der Waals surface area contributed by atoms with Crippen LogP contribution >= 0.6 is 23.2 Å². The molecule has 0 unspecified atom stereocenters. The molecule has 0 aliphatic carbocycles. The van der Waals surface area contributed by atoms with Gasteiger partial charge < -0.3 is 9.73 Å². The van der Waals surface area contributed by atoms with Gasteiger partial charge in [0, 0.05) is 32.8 Å². The number of furan rings is 1. The van der Waals surface area contributed by atoms with Crippen molar-refractivity contribution < 1.29 is 9.21 Å². The lowest BCUT2D eigenvalue weighted by Crippen LogP contribution is -2.08. The number of carbonyl (C=O) groups excluding carboxylic acids is 1. The molecule has 2 heterocycles. The van der Waals surface area contributed by atoms with Crippen LogP contribution in [0.25, 0.3) is 44.9 Å². The van der Waals surface area contributed by atoms with Crippen LogP contribution in [0.1, 0.15) is 11.3 Å². The third kappa shape index (κ3) is 4.79. The zero-order valence-corrected chi connectivity index (χ0v) is 21.7. The van der Waals surface area contributed by atoms with Crippen molar-refractivity contribution in [1.29, 1.82) is 0 Å². The van der Waals surface area contributed by atoms with Crippen LogP contribution in [-0.2, 0) is 4.79 Å². The SMILES string of the molecule is Cc1cc2nn(-c3cccc4ccccc34)nc2cc1NC(=O)/C=C/c1ccc(-c2cc(Cl)cc(Cl)c2)o1. The second-order valence-electron chi connectivity index (χ2n) is 8.83. The summed E-state index contributed by atoms with van der Waals surface area (Å²) in [6.45, 7) is 1.92. The molecule has 0 spiro atoms. The number of amides is 1. The second kappa shape index (κ2) is 9.82. The molecule has 0 bridgehead atoms. The van der Waals surface area contributed by atoms with Gasteiger partial charge in [-0.15, -0.1) is 15.0 Å². The summed E-state index contributed by atoms with van der Waals surface area (Å²) in [5, 5.41) is 15.5. The van der Waals surface area contributed by atoms with Crippen LogP contribution in [0.5, 0.6) is 0 Å². The summed E-state index contributed by atoms with van der Waals surface area (Å²) >= 11 is 12.2. The van der Waals surface area contributed by atoms with E-state index in [0.717, 1.165) is 33.1 Å². The van der Waals surface area contributed by atoms with Crippen LogP contribution in [0.2, 0.25) is 10.0 Å². The Balaban J connectivity index is 1.22. The molecule has 38 heavy (non-hydrogen) atoms. The summed E-state index contributed by atoms with van der Waals surface area (Å²) in [6.07, 6.45) is 3.03. The maximum Gasteiger partial charge on any atom is 0.248 e. The van der Waals surface area contributed by atoms with Gasteiger partial charge in [0.15, 0.2) is 0 Å². The number of anilines is 1. The summed E-state index contributed by atoms with van der Waals surface area (Å²) in [6, 6.07) is 26.7. The Kier molecular flexibility index (Phi) is 6.19. The fourth-order valence-corrected chi connectivity index (χ4v) is 4.84. The van der Waals surface area contributed by atoms with Crippen molar-refractivity contribution in [1.82, 2.24) is 15.0 Å². The molecule has 186 valence electrons. The lowest BCUT2D eigenvalue weighted by Gasteiger charge is -2.05. The Hall–Kier alpha value is -4.39. The molecule has 0 saturated carbocycles. The summed E-state index contributed by atoms with van der Waals surface area (Å²) in [5.41, 5.74) is 4.61. The van der Waals surface area contributed by atoms with Crippen LogP contribution < -0.4 is 5.32 Å². The number of hydrogen-bond donors (Lipinski definition) is 1. The minimum atomic E-state index is -0.294. The third-order valence-corrected chi connectivity index (χ3v) is 6.58. The predicted molar refractivity (Wildman–Crippen MR) is 153 cm³/mol. The van der Waals surface area contributed by atoms with Gasteiger partial charge in [0.2, 0.25) is 5.91 Å². The van der Waals surface area contributed by atoms with Crippen molar-refractivity contribution in [3.63, 3.8) is 0 Å². The number of carbonyl (C=O) groups is 1. The van der Waals surface area contributed by atoms with E-state index in [1.54, 1.807) is 41.2 Å². The van der Waals surface area contributed by atoms with Crippen molar-refractivity contribution in [3.8, 4) is 17.0 Å². The quantitative estimate of drug-likeness (QED) is 0.225. The first-order chi connectivity index (χ1) is 18.4. The van der Waals surface area contributed by atoms with Crippen LogP contribution in [0.3, 0.4) is 0 Å². The van der Waals surface area contributed by atoms with Gasteiger partial charge in [-0.3, -0.25) is 4.79 Å². The molecule has 0 saturated heterocycles. The number of aryl methyl sites for hydroxylation is 1. The predicted octanol–water partition coefficient (Wildman–Crippen LogP) is 8.10. The number of fused-ring (bicyclic) bond motifs is 2. The molecule has 1 amide bonds. The number of nitrogens with one attached hydrogen (secondary N) is 1.